The minimum atomic E-state index is -0.759. The van der Waals surface area contributed by atoms with E-state index in [1.165, 1.54) is 25.0 Å². The number of rotatable bonds is 5. The van der Waals surface area contributed by atoms with Crippen LogP contribution in [0, 0.1) is 21.8 Å². The second kappa shape index (κ2) is 5.02. The van der Waals surface area contributed by atoms with Crippen LogP contribution in [0.4, 0.5) is 10.1 Å². The molecule has 0 aliphatic heterocycles. The molecule has 98 valence electrons. The minimum absolute atomic E-state index is 0.461. The topological polar surface area (TPSA) is 46.4 Å². The maximum absolute atomic E-state index is 13.5. The van der Waals surface area contributed by atoms with Gasteiger partial charge in [0.1, 0.15) is 0 Å². The third kappa shape index (κ3) is 2.85. The van der Waals surface area contributed by atoms with E-state index in [-0.39, 0.29) is 0 Å². The summed E-state index contributed by atoms with van der Waals surface area (Å²) in [6, 6.07) is 4.59. The molecular weight excluding hydrogens is 235 g/mol. The molecule has 0 spiro atoms. The van der Waals surface area contributed by atoms with Crippen molar-refractivity contribution < 1.29 is 9.31 Å². The number of halogens is 1. The highest BCUT2D eigenvalue weighted by atomic mass is 19.1. The molecule has 0 aromatic heterocycles. The van der Waals surface area contributed by atoms with Crippen molar-refractivity contribution in [3.63, 3.8) is 0 Å². The summed E-state index contributed by atoms with van der Waals surface area (Å²) in [4.78, 5) is 12.0. The van der Waals surface area contributed by atoms with E-state index in [4.69, 9.17) is 0 Å². The summed E-state index contributed by atoms with van der Waals surface area (Å²) in [6.07, 6.45) is 2.53. The second-order valence-electron chi connectivity index (χ2n) is 5.04. The summed E-state index contributed by atoms with van der Waals surface area (Å²) in [5.74, 6) is -0.0112. The summed E-state index contributed by atoms with van der Waals surface area (Å²) in [5.41, 5.74) is 0.310. The number of nitro groups is 1. The zero-order valence-electron chi connectivity index (χ0n) is 10.6. The zero-order chi connectivity index (χ0) is 13.3. The van der Waals surface area contributed by atoms with E-state index in [1.807, 2.05) is 7.05 Å². The normalized spacial score (nSPS) is 16.9. The Hall–Kier alpha value is -1.49. The molecule has 0 radical (unpaired) electrons. The van der Waals surface area contributed by atoms with Crippen LogP contribution in [0.1, 0.15) is 25.3 Å². The van der Waals surface area contributed by atoms with E-state index >= 15 is 0 Å². The largest absolute Gasteiger partial charge is 0.304 e. The Morgan fingerprint density at radius 3 is 2.72 bits per heavy atom. The summed E-state index contributed by atoms with van der Waals surface area (Å²) in [6.45, 7) is 2.78. The first-order valence-corrected chi connectivity index (χ1v) is 6.12. The average Bonchev–Trinajstić information content (AvgIpc) is 3.11. The SMILES string of the molecule is CC(C1CC1)N(C)Cc1ccc([N+](=O)[O-])c(F)c1. The van der Waals surface area contributed by atoms with Gasteiger partial charge in [-0.05, 0) is 44.4 Å². The standard InChI is InChI=1S/C13H17FN2O2/c1-9(11-4-5-11)15(2)8-10-3-6-13(16(17)18)12(14)7-10/h3,6-7,9,11H,4-5,8H2,1-2H3. The number of hydrogen-bond donors (Lipinski definition) is 0. The first kappa shape index (κ1) is 13.0. The maximum Gasteiger partial charge on any atom is 0.304 e. The van der Waals surface area contributed by atoms with Gasteiger partial charge in [0.15, 0.2) is 0 Å². The first-order valence-electron chi connectivity index (χ1n) is 6.12. The van der Waals surface area contributed by atoms with Crippen LogP contribution >= 0.6 is 0 Å². The van der Waals surface area contributed by atoms with Crippen LogP contribution in [-0.4, -0.2) is 22.9 Å². The molecule has 5 heteroatoms. The van der Waals surface area contributed by atoms with Crippen molar-refractivity contribution in [1.82, 2.24) is 4.90 Å². The van der Waals surface area contributed by atoms with E-state index in [0.29, 0.717) is 12.6 Å². The quantitative estimate of drug-likeness (QED) is 0.598. The molecule has 1 saturated carbocycles. The summed E-state index contributed by atoms with van der Waals surface area (Å²) >= 11 is 0. The molecule has 0 saturated heterocycles. The van der Waals surface area contributed by atoms with Gasteiger partial charge in [-0.2, -0.15) is 4.39 Å². The number of nitro benzene ring substituents is 1. The summed E-state index contributed by atoms with van der Waals surface area (Å²) in [7, 11) is 2.00. The van der Waals surface area contributed by atoms with Crippen molar-refractivity contribution in [2.45, 2.75) is 32.4 Å². The summed E-state index contributed by atoms with van der Waals surface area (Å²) < 4.78 is 13.5. The van der Waals surface area contributed by atoms with Crippen LogP contribution in [0.3, 0.4) is 0 Å². The molecule has 1 aromatic rings. The molecule has 1 atom stereocenters. The van der Waals surface area contributed by atoms with Crippen molar-refractivity contribution in [2.24, 2.45) is 5.92 Å². The van der Waals surface area contributed by atoms with E-state index in [9.17, 15) is 14.5 Å². The van der Waals surface area contributed by atoms with Crippen molar-refractivity contribution in [1.29, 1.82) is 0 Å². The highest BCUT2D eigenvalue weighted by Crippen LogP contribution is 2.35. The van der Waals surface area contributed by atoms with Gasteiger partial charge in [-0.3, -0.25) is 15.0 Å². The Balaban J connectivity index is 2.05. The Bertz CT molecular complexity index is 460. The fourth-order valence-corrected chi connectivity index (χ4v) is 2.17. The van der Waals surface area contributed by atoms with Gasteiger partial charge in [0, 0.05) is 18.7 Å². The lowest BCUT2D eigenvalue weighted by molar-refractivity contribution is -0.387. The number of hydrogen-bond acceptors (Lipinski definition) is 3. The molecule has 0 N–H and O–H groups in total. The lowest BCUT2D eigenvalue weighted by Crippen LogP contribution is -2.30. The van der Waals surface area contributed by atoms with Gasteiger partial charge in [0.2, 0.25) is 5.82 Å². The Morgan fingerprint density at radius 2 is 2.22 bits per heavy atom. The Morgan fingerprint density at radius 1 is 1.56 bits per heavy atom. The predicted molar refractivity (Wildman–Crippen MR) is 66.7 cm³/mol. The van der Waals surface area contributed by atoms with Crippen molar-refractivity contribution in [2.75, 3.05) is 7.05 Å². The van der Waals surface area contributed by atoms with E-state index in [1.54, 1.807) is 6.07 Å². The number of benzene rings is 1. The van der Waals surface area contributed by atoms with Crippen molar-refractivity contribution >= 4 is 5.69 Å². The maximum atomic E-state index is 13.5. The molecule has 0 heterocycles. The van der Waals surface area contributed by atoms with E-state index in [0.717, 1.165) is 11.5 Å². The third-order valence-corrected chi connectivity index (χ3v) is 3.64. The van der Waals surface area contributed by atoms with Gasteiger partial charge in [0.25, 0.3) is 0 Å². The monoisotopic (exact) mass is 252 g/mol. The summed E-state index contributed by atoms with van der Waals surface area (Å²) in [5, 5.41) is 10.5. The van der Waals surface area contributed by atoms with Gasteiger partial charge in [-0.15, -0.1) is 0 Å². The van der Waals surface area contributed by atoms with E-state index < -0.39 is 16.4 Å². The lowest BCUT2D eigenvalue weighted by Gasteiger charge is -2.24. The van der Waals surface area contributed by atoms with Crippen LogP contribution in [0.5, 0.6) is 0 Å². The fourth-order valence-electron chi connectivity index (χ4n) is 2.17. The molecule has 4 nitrogen and oxygen atoms in total. The van der Waals surface area contributed by atoms with Gasteiger partial charge < -0.3 is 0 Å². The van der Waals surface area contributed by atoms with Crippen molar-refractivity contribution in [3.8, 4) is 0 Å². The number of nitrogens with zero attached hydrogens (tertiary/aromatic N) is 2. The molecule has 18 heavy (non-hydrogen) atoms. The predicted octanol–water partition coefficient (Wildman–Crippen LogP) is 2.96. The highest BCUT2D eigenvalue weighted by Gasteiger charge is 2.30. The van der Waals surface area contributed by atoms with Crippen LogP contribution in [-0.2, 0) is 6.54 Å². The molecule has 1 unspecified atom stereocenters. The zero-order valence-corrected chi connectivity index (χ0v) is 10.6. The molecule has 1 fully saturated rings. The van der Waals surface area contributed by atoms with Crippen LogP contribution < -0.4 is 0 Å². The average molecular weight is 252 g/mol. The molecule has 0 amide bonds. The van der Waals surface area contributed by atoms with Crippen LogP contribution in [0.15, 0.2) is 18.2 Å². The van der Waals surface area contributed by atoms with Crippen molar-refractivity contribution in [3.05, 3.63) is 39.7 Å². The molecule has 0 bridgehead atoms. The lowest BCUT2D eigenvalue weighted by atomic mass is 10.1. The van der Waals surface area contributed by atoms with Gasteiger partial charge in [-0.25, -0.2) is 0 Å². The minimum Gasteiger partial charge on any atom is -0.299 e. The fraction of sp³-hybridized carbons (Fsp3) is 0.538. The Labute approximate surface area is 106 Å². The van der Waals surface area contributed by atoms with Gasteiger partial charge in [-0.1, -0.05) is 6.07 Å². The Kier molecular flexibility index (Phi) is 3.61. The van der Waals surface area contributed by atoms with E-state index in [2.05, 4.69) is 11.8 Å². The van der Waals surface area contributed by atoms with Gasteiger partial charge in [0.05, 0.1) is 4.92 Å². The molecule has 1 aromatic carbocycles. The third-order valence-electron chi connectivity index (χ3n) is 3.64. The molecule has 2 rings (SSSR count). The van der Waals surface area contributed by atoms with Gasteiger partial charge >= 0.3 is 5.69 Å². The molecule has 1 aliphatic rings. The van der Waals surface area contributed by atoms with Crippen LogP contribution in [0.2, 0.25) is 0 Å². The molecule has 1 aliphatic carbocycles. The first-order chi connectivity index (χ1) is 8.49. The second-order valence-corrected chi connectivity index (χ2v) is 5.04. The smallest absolute Gasteiger partial charge is 0.299 e. The van der Waals surface area contributed by atoms with Crippen LogP contribution in [0.25, 0.3) is 0 Å². The molecular formula is C13H17FN2O2. The highest BCUT2D eigenvalue weighted by molar-refractivity contribution is 5.34.